The van der Waals surface area contributed by atoms with Gasteiger partial charge < -0.3 is 19.5 Å². The van der Waals surface area contributed by atoms with Gasteiger partial charge in [0.25, 0.3) is 0 Å². The van der Waals surface area contributed by atoms with Gasteiger partial charge >= 0.3 is 12.1 Å². The number of esters is 1. The highest BCUT2D eigenvalue weighted by Gasteiger charge is 2.25. The van der Waals surface area contributed by atoms with Crippen LogP contribution in [0, 0.1) is 6.92 Å². The largest absolute Gasteiger partial charge is 0.467 e. The van der Waals surface area contributed by atoms with E-state index in [0.717, 1.165) is 11.1 Å². The van der Waals surface area contributed by atoms with Crippen molar-refractivity contribution < 1.29 is 28.6 Å². The van der Waals surface area contributed by atoms with Gasteiger partial charge in [-0.25, -0.2) is 14.6 Å². The first-order valence-electron chi connectivity index (χ1n) is 11.5. The molecule has 0 unspecified atom stereocenters. The molecule has 2 rings (SSSR count). The van der Waals surface area contributed by atoms with E-state index < -0.39 is 23.7 Å². The summed E-state index contributed by atoms with van der Waals surface area (Å²) >= 11 is 0. The maximum absolute atomic E-state index is 12.8. The number of methoxy groups -OCH3 is 1. The zero-order chi connectivity index (χ0) is 25.8. The highest BCUT2D eigenvalue weighted by Crippen LogP contribution is 2.18. The van der Waals surface area contributed by atoms with E-state index in [9.17, 15) is 14.4 Å². The van der Waals surface area contributed by atoms with Gasteiger partial charge in [0.15, 0.2) is 6.04 Å². The van der Waals surface area contributed by atoms with Crippen LogP contribution in [0.15, 0.2) is 48.7 Å². The summed E-state index contributed by atoms with van der Waals surface area (Å²) in [7, 11) is 1.26. The zero-order valence-corrected chi connectivity index (χ0v) is 21.1. The first kappa shape index (κ1) is 27.8. The van der Waals surface area contributed by atoms with Crippen LogP contribution in [0.3, 0.4) is 0 Å². The van der Waals surface area contributed by atoms with E-state index in [1.165, 1.54) is 12.0 Å². The van der Waals surface area contributed by atoms with Crippen molar-refractivity contribution in [2.24, 2.45) is 0 Å². The second-order valence-corrected chi connectivity index (χ2v) is 9.07. The van der Waals surface area contributed by atoms with E-state index in [-0.39, 0.29) is 25.5 Å². The maximum Gasteiger partial charge on any atom is 0.416 e. The van der Waals surface area contributed by atoms with E-state index in [4.69, 9.17) is 14.2 Å². The molecular formula is C26H35N3O6. The normalized spacial score (nSPS) is 11.9. The fourth-order valence-electron chi connectivity index (χ4n) is 3.13. The third kappa shape index (κ3) is 10.1. The van der Waals surface area contributed by atoms with Crippen molar-refractivity contribution in [1.29, 1.82) is 0 Å². The lowest BCUT2D eigenvalue weighted by molar-refractivity contribution is -0.147. The molecule has 0 spiro atoms. The number of carbonyl (C=O) groups is 3. The molecule has 0 aliphatic heterocycles. The van der Waals surface area contributed by atoms with Crippen molar-refractivity contribution in [3.8, 4) is 0 Å². The number of ether oxygens (including phenoxy) is 3. The summed E-state index contributed by atoms with van der Waals surface area (Å²) in [6.07, 6.45) is 1.49. The summed E-state index contributed by atoms with van der Waals surface area (Å²) < 4.78 is 15.9. The average Bonchev–Trinajstić information content (AvgIpc) is 2.80. The first-order valence-corrected chi connectivity index (χ1v) is 11.5. The number of anilines is 1. The fraction of sp³-hybridized carbons (Fsp3) is 0.462. The second-order valence-electron chi connectivity index (χ2n) is 9.07. The van der Waals surface area contributed by atoms with Gasteiger partial charge in [0, 0.05) is 19.2 Å². The Hall–Kier alpha value is -3.46. The van der Waals surface area contributed by atoms with Gasteiger partial charge in [0.1, 0.15) is 11.4 Å². The Labute approximate surface area is 206 Å². The smallest absolute Gasteiger partial charge is 0.416 e. The van der Waals surface area contributed by atoms with E-state index in [2.05, 4.69) is 10.3 Å². The van der Waals surface area contributed by atoms with Crippen LogP contribution in [0.5, 0.6) is 0 Å². The SMILES string of the molecule is COC(=O)[C@H](COCc1ccccc1)NC(=O)CCCN(C(=O)OC(C)(C)C)c1cc(C)ccn1. The van der Waals surface area contributed by atoms with Crippen molar-refractivity contribution in [2.75, 3.05) is 25.2 Å². The topological polar surface area (TPSA) is 107 Å². The molecule has 9 heteroatoms. The summed E-state index contributed by atoms with van der Waals surface area (Å²) in [5.74, 6) is -0.503. The molecule has 0 bridgehead atoms. The van der Waals surface area contributed by atoms with Crippen molar-refractivity contribution in [1.82, 2.24) is 10.3 Å². The highest BCUT2D eigenvalue weighted by molar-refractivity contribution is 5.87. The van der Waals surface area contributed by atoms with Gasteiger partial charge in [-0.3, -0.25) is 9.69 Å². The molecule has 1 aromatic carbocycles. The van der Waals surface area contributed by atoms with Crippen molar-refractivity contribution in [3.63, 3.8) is 0 Å². The van der Waals surface area contributed by atoms with Gasteiger partial charge in [0.2, 0.25) is 5.91 Å². The first-order chi connectivity index (χ1) is 16.6. The lowest BCUT2D eigenvalue weighted by Gasteiger charge is -2.27. The van der Waals surface area contributed by atoms with Gasteiger partial charge in [-0.1, -0.05) is 30.3 Å². The molecule has 1 N–H and O–H groups in total. The Morgan fingerprint density at radius 3 is 2.46 bits per heavy atom. The van der Waals surface area contributed by atoms with E-state index >= 15 is 0 Å². The molecule has 35 heavy (non-hydrogen) atoms. The Morgan fingerprint density at radius 2 is 1.83 bits per heavy atom. The Morgan fingerprint density at radius 1 is 1.11 bits per heavy atom. The molecule has 1 heterocycles. The fourth-order valence-corrected chi connectivity index (χ4v) is 3.13. The van der Waals surface area contributed by atoms with Gasteiger partial charge in [0.05, 0.1) is 20.3 Å². The van der Waals surface area contributed by atoms with E-state index in [1.807, 2.05) is 43.3 Å². The van der Waals surface area contributed by atoms with Crippen LogP contribution < -0.4 is 10.2 Å². The molecule has 2 aromatic rings. The maximum atomic E-state index is 12.8. The molecule has 0 aliphatic carbocycles. The predicted molar refractivity (Wildman–Crippen MR) is 132 cm³/mol. The molecule has 0 saturated heterocycles. The lowest BCUT2D eigenvalue weighted by Crippen LogP contribution is -2.45. The molecule has 0 aliphatic rings. The molecule has 0 saturated carbocycles. The summed E-state index contributed by atoms with van der Waals surface area (Å²) in [5, 5.41) is 2.66. The van der Waals surface area contributed by atoms with E-state index in [0.29, 0.717) is 18.8 Å². The Balaban J connectivity index is 1.93. The third-order valence-electron chi connectivity index (χ3n) is 4.79. The number of amides is 2. The molecule has 0 radical (unpaired) electrons. The second kappa shape index (κ2) is 13.4. The quantitative estimate of drug-likeness (QED) is 0.483. The average molecular weight is 486 g/mol. The summed E-state index contributed by atoms with van der Waals surface area (Å²) in [5.41, 5.74) is 1.22. The molecule has 1 atom stereocenters. The van der Waals surface area contributed by atoms with Crippen molar-refractivity contribution in [2.45, 2.75) is 58.8 Å². The van der Waals surface area contributed by atoms with Crippen LogP contribution in [0.25, 0.3) is 0 Å². The molecule has 190 valence electrons. The minimum absolute atomic E-state index is 0.0233. The molecule has 1 aromatic heterocycles. The number of hydrogen-bond acceptors (Lipinski definition) is 7. The Kier molecular flexibility index (Phi) is 10.7. The van der Waals surface area contributed by atoms with E-state index in [1.54, 1.807) is 33.0 Å². The molecule has 0 fully saturated rings. The monoisotopic (exact) mass is 485 g/mol. The number of hydrogen-bond donors (Lipinski definition) is 1. The molecule has 9 nitrogen and oxygen atoms in total. The van der Waals surface area contributed by atoms with Gasteiger partial charge in [-0.05, 0) is 57.4 Å². The van der Waals surface area contributed by atoms with Crippen LogP contribution in [-0.2, 0) is 30.4 Å². The number of nitrogens with one attached hydrogen (secondary N) is 1. The van der Waals surface area contributed by atoms with Gasteiger partial charge in [-0.2, -0.15) is 0 Å². The number of aromatic nitrogens is 1. The summed E-state index contributed by atoms with van der Waals surface area (Å²) in [6.45, 7) is 7.75. The molecular weight excluding hydrogens is 450 g/mol. The lowest BCUT2D eigenvalue weighted by atomic mass is 10.2. The molecule has 2 amide bonds. The highest BCUT2D eigenvalue weighted by atomic mass is 16.6. The minimum atomic E-state index is -0.934. The number of carbonyl (C=O) groups excluding carboxylic acids is 3. The van der Waals surface area contributed by atoms with Crippen LogP contribution in [0.2, 0.25) is 0 Å². The number of benzene rings is 1. The number of aryl methyl sites for hydroxylation is 1. The van der Waals surface area contributed by atoms with Gasteiger partial charge in [-0.15, -0.1) is 0 Å². The third-order valence-corrected chi connectivity index (χ3v) is 4.79. The summed E-state index contributed by atoms with van der Waals surface area (Å²) in [6, 6.07) is 12.2. The summed E-state index contributed by atoms with van der Waals surface area (Å²) in [4.78, 5) is 43.1. The zero-order valence-electron chi connectivity index (χ0n) is 21.1. The van der Waals surface area contributed by atoms with Crippen molar-refractivity contribution in [3.05, 3.63) is 59.8 Å². The number of rotatable bonds is 11. The van der Waals surface area contributed by atoms with Crippen LogP contribution in [-0.4, -0.2) is 54.9 Å². The van der Waals surface area contributed by atoms with Crippen LogP contribution in [0.1, 0.15) is 44.7 Å². The minimum Gasteiger partial charge on any atom is -0.467 e. The number of nitrogens with zero attached hydrogens (tertiary/aromatic N) is 2. The predicted octanol–water partition coefficient (Wildman–Crippen LogP) is 3.79. The van der Waals surface area contributed by atoms with Crippen LogP contribution >= 0.6 is 0 Å². The standard InChI is InChI=1S/C26H35N3O6/c1-19-13-14-27-22(16-19)29(25(32)35-26(2,3)4)15-9-12-23(30)28-21(24(31)33-5)18-34-17-20-10-7-6-8-11-20/h6-8,10-11,13-14,16,21H,9,12,15,17-18H2,1-5H3,(H,28,30)/t21-/m0/s1. The Bertz CT molecular complexity index is 975. The van der Waals surface area contributed by atoms with Crippen LogP contribution in [0.4, 0.5) is 10.6 Å². The number of pyridine rings is 1. The van der Waals surface area contributed by atoms with Crippen molar-refractivity contribution >= 4 is 23.8 Å².